The van der Waals surface area contributed by atoms with Crippen LogP contribution in [-0.2, 0) is 6.42 Å². The van der Waals surface area contributed by atoms with Gasteiger partial charge in [0.05, 0.1) is 17.1 Å². The molecule has 33 heavy (non-hydrogen) atoms. The zero-order chi connectivity index (χ0) is 22.8. The van der Waals surface area contributed by atoms with Crippen molar-refractivity contribution in [1.82, 2.24) is 29.3 Å². The predicted octanol–water partition coefficient (Wildman–Crippen LogP) is 4.10. The molecule has 0 unspecified atom stereocenters. The highest BCUT2D eigenvalue weighted by molar-refractivity contribution is 5.83. The predicted molar refractivity (Wildman–Crippen MR) is 130 cm³/mol. The van der Waals surface area contributed by atoms with Crippen molar-refractivity contribution in [3.63, 3.8) is 0 Å². The van der Waals surface area contributed by atoms with E-state index in [9.17, 15) is 0 Å². The number of pyridine rings is 3. The molecule has 0 aliphatic rings. The van der Waals surface area contributed by atoms with E-state index in [2.05, 4.69) is 43.9 Å². The average Bonchev–Trinajstić information content (AvgIpc) is 3.19. The average molecular weight is 437 g/mol. The third-order valence-corrected chi connectivity index (χ3v) is 5.33. The minimum absolute atomic E-state index is 0.215. The maximum atomic E-state index is 5.92. The van der Waals surface area contributed by atoms with E-state index in [4.69, 9.17) is 15.7 Å². The van der Waals surface area contributed by atoms with Gasteiger partial charge in [0.15, 0.2) is 5.65 Å². The van der Waals surface area contributed by atoms with Crippen molar-refractivity contribution in [2.75, 3.05) is 17.6 Å². The minimum Gasteiger partial charge on any atom is -0.382 e. The fourth-order valence-electron chi connectivity index (χ4n) is 3.89. The molecule has 0 aliphatic carbocycles. The standard InChI is InChI=1S/C25H24N8/c1-16-14-21(28-12-9-18-7-3-4-11-27-18)24-32-22(19-8-5-6-17(2)30-19)23(33(24)15-16)20-10-13-29-25(26)31-20/h3-8,10-11,13-15,28H,9,12H2,1-2H3,(H2,26,29,31). The number of nitrogen functional groups attached to an aromatic ring is 1. The Morgan fingerprint density at radius 3 is 2.61 bits per heavy atom. The van der Waals surface area contributed by atoms with Gasteiger partial charge in [-0.05, 0) is 55.8 Å². The number of rotatable bonds is 6. The normalized spacial score (nSPS) is 11.1. The number of nitrogens with two attached hydrogens (primary N) is 1. The number of hydrogen-bond donors (Lipinski definition) is 2. The molecule has 3 N–H and O–H groups in total. The first-order valence-electron chi connectivity index (χ1n) is 10.8. The first kappa shape index (κ1) is 20.6. The van der Waals surface area contributed by atoms with E-state index in [1.807, 2.05) is 55.6 Å². The van der Waals surface area contributed by atoms with Crippen molar-refractivity contribution in [3.8, 4) is 22.8 Å². The van der Waals surface area contributed by atoms with Crippen LogP contribution in [0.4, 0.5) is 11.6 Å². The quantitative estimate of drug-likeness (QED) is 0.413. The Bertz CT molecular complexity index is 1430. The number of hydrogen-bond acceptors (Lipinski definition) is 7. The molecule has 8 nitrogen and oxygen atoms in total. The van der Waals surface area contributed by atoms with Gasteiger partial charge in [-0.25, -0.2) is 15.0 Å². The van der Waals surface area contributed by atoms with Crippen LogP contribution in [0.5, 0.6) is 0 Å². The maximum absolute atomic E-state index is 5.92. The number of imidazole rings is 1. The number of fused-ring (bicyclic) bond motifs is 1. The van der Waals surface area contributed by atoms with Crippen LogP contribution in [0.25, 0.3) is 28.4 Å². The third kappa shape index (κ3) is 4.23. The van der Waals surface area contributed by atoms with Crippen molar-refractivity contribution < 1.29 is 0 Å². The molecule has 0 aliphatic heterocycles. The largest absolute Gasteiger partial charge is 0.382 e. The van der Waals surface area contributed by atoms with Crippen molar-refractivity contribution in [1.29, 1.82) is 0 Å². The molecule has 8 heteroatoms. The Morgan fingerprint density at radius 1 is 0.909 bits per heavy atom. The molecule has 0 spiro atoms. The SMILES string of the molecule is Cc1cc(NCCc2ccccn2)c2nc(-c3cccc(C)n3)c(-c3ccnc(N)n3)n2c1. The number of aromatic nitrogens is 6. The molecule has 5 heterocycles. The highest BCUT2D eigenvalue weighted by atomic mass is 15.1. The van der Waals surface area contributed by atoms with E-state index in [0.717, 1.165) is 58.3 Å². The summed E-state index contributed by atoms with van der Waals surface area (Å²) in [7, 11) is 0. The maximum Gasteiger partial charge on any atom is 0.220 e. The number of aryl methyl sites for hydroxylation is 2. The Kier molecular flexibility index (Phi) is 5.40. The molecule has 0 radical (unpaired) electrons. The fraction of sp³-hybridized carbons (Fsp3) is 0.160. The van der Waals surface area contributed by atoms with E-state index < -0.39 is 0 Å². The van der Waals surface area contributed by atoms with Gasteiger partial charge in [0.1, 0.15) is 11.4 Å². The van der Waals surface area contributed by atoms with Gasteiger partial charge in [-0.15, -0.1) is 0 Å². The topological polar surface area (TPSA) is 107 Å². The van der Waals surface area contributed by atoms with Gasteiger partial charge >= 0.3 is 0 Å². The lowest BCUT2D eigenvalue weighted by atomic mass is 10.1. The van der Waals surface area contributed by atoms with Gasteiger partial charge in [0.2, 0.25) is 5.95 Å². The summed E-state index contributed by atoms with van der Waals surface area (Å²) >= 11 is 0. The Balaban J connectivity index is 1.64. The van der Waals surface area contributed by atoms with Gasteiger partial charge in [-0.1, -0.05) is 12.1 Å². The summed E-state index contributed by atoms with van der Waals surface area (Å²) < 4.78 is 2.06. The molecular formula is C25H24N8. The van der Waals surface area contributed by atoms with Crippen LogP contribution in [0.3, 0.4) is 0 Å². The van der Waals surface area contributed by atoms with Crippen molar-refractivity contribution >= 4 is 17.3 Å². The van der Waals surface area contributed by atoms with Crippen LogP contribution in [0.15, 0.2) is 67.1 Å². The molecule has 0 saturated heterocycles. The minimum atomic E-state index is 0.215. The molecule has 164 valence electrons. The van der Waals surface area contributed by atoms with E-state index in [1.54, 1.807) is 6.20 Å². The second-order valence-electron chi connectivity index (χ2n) is 7.90. The summed E-state index contributed by atoms with van der Waals surface area (Å²) in [5, 5.41) is 3.54. The van der Waals surface area contributed by atoms with Crippen LogP contribution in [0.1, 0.15) is 17.0 Å². The van der Waals surface area contributed by atoms with E-state index in [-0.39, 0.29) is 5.95 Å². The van der Waals surface area contributed by atoms with Crippen LogP contribution in [0.2, 0.25) is 0 Å². The lowest BCUT2D eigenvalue weighted by Gasteiger charge is -2.10. The van der Waals surface area contributed by atoms with Gasteiger partial charge in [-0.2, -0.15) is 0 Å². The highest BCUT2D eigenvalue weighted by Gasteiger charge is 2.20. The zero-order valence-electron chi connectivity index (χ0n) is 18.5. The van der Waals surface area contributed by atoms with Crippen LogP contribution >= 0.6 is 0 Å². The molecule has 5 aromatic heterocycles. The van der Waals surface area contributed by atoms with Crippen LogP contribution in [-0.4, -0.2) is 35.9 Å². The highest BCUT2D eigenvalue weighted by Crippen LogP contribution is 2.34. The molecule has 5 aromatic rings. The van der Waals surface area contributed by atoms with Gasteiger partial charge < -0.3 is 11.1 Å². The fourth-order valence-corrected chi connectivity index (χ4v) is 3.89. The lowest BCUT2D eigenvalue weighted by molar-refractivity contribution is 0.959. The number of anilines is 2. The lowest BCUT2D eigenvalue weighted by Crippen LogP contribution is -2.07. The summed E-state index contributed by atoms with van der Waals surface area (Å²) in [5.41, 5.74) is 13.7. The second-order valence-corrected chi connectivity index (χ2v) is 7.90. The molecule has 0 saturated carbocycles. The van der Waals surface area contributed by atoms with Crippen molar-refractivity contribution in [2.24, 2.45) is 0 Å². The molecule has 5 rings (SSSR count). The van der Waals surface area contributed by atoms with E-state index >= 15 is 0 Å². The summed E-state index contributed by atoms with van der Waals surface area (Å²) in [6.07, 6.45) is 6.34. The monoisotopic (exact) mass is 436 g/mol. The Morgan fingerprint density at radius 2 is 1.82 bits per heavy atom. The number of nitrogens with zero attached hydrogens (tertiary/aromatic N) is 6. The third-order valence-electron chi connectivity index (χ3n) is 5.33. The van der Waals surface area contributed by atoms with Crippen molar-refractivity contribution in [2.45, 2.75) is 20.3 Å². The Hall–Kier alpha value is -4.33. The molecule has 0 amide bonds. The summed E-state index contributed by atoms with van der Waals surface area (Å²) in [5.74, 6) is 0.215. The Labute approximate surface area is 191 Å². The second kappa shape index (κ2) is 8.66. The summed E-state index contributed by atoms with van der Waals surface area (Å²) in [4.78, 5) is 22.7. The molecule has 0 fully saturated rings. The van der Waals surface area contributed by atoms with Crippen LogP contribution < -0.4 is 11.1 Å². The van der Waals surface area contributed by atoms with E-state index in [1.165, 1.54) is 0 Å². The first-order chi connectivity index (χ1) is 16.1. The van der Waals surface area contributed by atoms with E-state index in [0.29, 0.717) is 5.69 Å². The number of nitrogens with one attached hydrogen (secondary N) is 1. The van der Waals surface area contributed by atoms with Gasteiger partial charge in [-0.3, -0.25) is 14.4 Å². The summed E-state index contributed by atoms with van der Waals surface area (Å²) in [6.45, 7) is 4.76. The first-order valence-corrected chi connectivity index (χ1v) is 10.8. The van der Waals surface area contributed by atoms with Crippen LogP contribution in [0, 0.1) is 13.8 Å². The molecule has 0 atom stereocenters. The summed E-state index contributed by atoms with van der Waals surface area (Å²) in [6, 6.07) is 15.8. The molecular weight excluding hydrogens is 412 g/mol. The molecule has 0 bridgehead atoms. The zero-order valence-corrected chi connectivity index (χ0v) is 18.5. The van der Waals surface area contributed by atoms with Gasteiger partial charge in [0.25, 0.3) is 0 Å². The van der Waals surface area contributed by atoms with Gasteiger partial charge in [0, 0.05) is 42.9 Å². The smallest absolute Gasteiger partial charge is 0.220 e. The molecule has 0 aromatic carbocycles. The van der Waals surface area contributed by atoms with Crippen molar-refractivity contribution in [3.05, 3.63) is 84.1 Å².